The second-order valence-electron chi connectivity index (χ2n) is 4.80. The maximum absolute atomic E-state index is 10.7. The number of aryl methyl sites for hydroxylation is 1. The molecule has 0 amide bonds. The Balaban J connectivity index is 1.98. The number of allylic oxidation sites excluding steroid dienone is 1. The summed E-state index contributed by atoms with van der Waals surface area (Å²) in [6, 6.07) is 13.4. The van der Waals surface area contributed by atoms with E-state index in [4.69, 9.17) is 21.1 Å². The number of methoxy groups -OCH3 is 1. The SMILES string of the molecule is COc1cc(COc2ccc(C=CC(=O)Cl)cc2)ccc1C. The lowest BCUT2D eigenvalue weighted by Gasteiger charge is -2.09. The van der Waals surface area contributed by atoms with E-state index in [9.17, 15) is 4.79 Å². The lowest BCUT2D eigenvalue weighted by molar-refractivity contribution is -0.107. The van der Waals surface area contributed by atoms with E-state index in [-0.39, 0.29) is 0 Å². The monoisotopic (exact) mass is 316 g/mol. The van der Waals surface area contributed by atoms with Crippen LogP contribution in [0, 0.1) is 6.92 Å². The molecule has 0 fully saturated rings. The molecule has 0 saturated heterocycles. The molecule has 0 radical (unpaired) electrons. The largest absolute Gasteiger partial charge is 0.496 e. The van der Waals surface area contributed by atoms with Gasteiger partial charge in [0.15, 0.2) is 0 Å². The first-order valence-electron chi connectivity index (χ1n) is 6.82. The van der Waals surface area contributed by atoms with Crippen LogP contribution in [0.25, 0.3) is 6.08 Å². The van der Waals surface area contributed by atoms with E-state index in [1.165, 1.54) is 6.08 Å². The third-order valence-electron chi connectivity index (χ3n) is 3.16. The highest BCUT2D eigenvalue weighted by atomic mass is 35.5. The Labute approximate surface area is 135 Å². The molecule has 0 aliphatic heterocycles. The maximum atomic E-state index is 10.7. The summed E-state index contributed by atoms with van der Waals surface area (Å²) in [7, 11) is 1.66. The number of hydrogen-bond donors (Lipinski definition) is 0. The summed E-state index contributed by atoms with van der Waals surface area (Å²) in [5, 5.41) is -0.492. The fraction of sp³-hybridized carbons (Fsp3) is 0.167. The van der Waals surface area contributed by atoms with E-state index < -0.39 is 5.24 Å². The van der Waals surface area contributed by atoms with Crippen molar-refractivity contribution in [3.63, 3.8) is 0 Å². The van der Waals surface area contributed by atoms with Crippen molar-refractivity contribution in [2.24, 2.45) is 0 Å². The van der Waals surface area contributed by atoms with Crippen LogP contribution in [-0.4, -0.2) is 12.4 Å². The van der Waals surface area contributed by atoms with Gasteiger partial charge in [0.05, 0.1) is 7.11 Å². The molecular weight excluding hydrogens is 300 g/mol. The molecule has 4 heteroatoms. The first-order chi connectivity index (χ1) is 10.6. The van der Waals surface area contributed by atoms with Gasteiger partial charge in [-0.25, -0.2) is 0 Å². The van der Waals surface area contributed by atoms with Crippen molar-refractivity contribution >= 4 is 22.9 Å². The van der Waals surface area contributed by atoms with Crippen LogP contribution in [-0.2, 0) is 11.4 Å². The Bertz CT molecular complexity index is 675. The van der Waals surface area contributed by atoms with Gasteiger partial charge in [0.25, 0.3) is 0 Å². The normalized spacial score (nSPS) is 10.7. The smallest absolute Gasteiger partial charge is 0.245 e. The molecule has 0 spiro atoms. The highest BCUT2D eigenvalue weighted by molar-refractivity contribution is 6.66. The third kappa shape index (κ3) is 4.64. The van der Waals surface area contributed by atoms with Crippen molar-refractivity contribution in [1.82, 2.24) is 0 Å². The van der Waals surface area contributed by atoms with Crippen LogP contribution >= 0.6 is 11.6 Å². The number of rotatable bonds is 6. The molecule has 114 valence electrons. The predicted octanol–water partition coefficient (Wildman–Crippen LogP) is 4.36. The Morgan fingerprint density at radius 3 is 2.55 bits per heavy atom. The highest BCUT2D eigenvalue weighted by Gasteiger charge is 2.01. The van der Waals surface area contributed by atoms with Crippen molar-refractivity contribution in [2.45, 2.75) is 13.5 Å². The van der Waals surface area contributed by atoms with E-state index in [1.807, 2.05) is 49.4 Å². The van der Waals surface area contributed by atoms with Crippen LogP contribution in [0.5, 0.6) is 11.5 Å². The highest BCUT2D eigenvalue weighted by Crippen LogP contribution is 2.21. The van der Waals surface area contributed by atoms with Gasteiger partial charge in [0.1, 0.15) is 18.1 Å². The second kappa shape index (κ2) is 7.66. The van der Waals surface area contributed by atoms with Crippen LogP contribution in [0.3, 0.4) is 0 Å². The summed E-state index contributed by atoms with van der Waals surface area (Å²) in [4.78, 5) is 10.7. The van der Waals surface area contributed by atoms with Crippen LogP contribution in [0.1, 0.15) is 16.7 Å². The van der Waals surface area contributed by atoms with Gasteiger partial charge in [-0.2, -0.15) is 0 Å². The summed E-state index contributed by atoms with van der Waals surface area (Å²) < 4.78 is 11.0. The molecule has 0 saturated carbocycles. The lowest BCUT2D eigenvalue weighted by atomic mass is 10.1. The van der Waals surface area contributed by atoms with E-state index in [0.29, 0.717) is 6.61 Å². The van der Waals surface area contributed by atoms with E-state index in [2.05, 4.69) is 0 Å². The minimum absolute atomic E-state index is 0.464. The number of hydrogen-bond acceptors (Lipinski definition) is 3. The minimum atomic E-state index is -0.492. The molecule has 2 aromatic rings. The minimum Gasteiger partial charge on any atom is -0.496 e. The summed E-state index contributed by atoms with van der Waals surface area (Å²) in [6.07, 6.45) is 2.97. The van der Waals surface area contributed by atoms with Crippen LogP contribution in [0.2, 0.25) is 0 Å². The molecule has 0 aliphatic rings. The van der Waals surface area contributed by atoms with Crippen LogP contribution in [0.4, 0.5) is 0 Å². The van der Waals surface area contributed by atoms with Gasteiger partial charge in [0.2, 0.25) is 5.24 Å². The molecule has 0 N–H and O–H groups in total. The second-order valence-corrected chi connectivity index (χ2v) is 5.17. The molecule has 0 atom stereocenters. The van der Waals surface area contributed by atoms with Crippen molar-refractivity contribution in [1.29, 1.82) is 0 Å². The predicted molar refractivity (Wildman–Crippen MR) is 88.4 cm³/mol. The lowest BCUT2D eigenvalue weighted by Crippen LogP contribution is -1.97. The Kier molecular flexibility index (Phi) is 5.61. The van der Waals surface area contributed by atoms with E-state index in [1.54, 1.807) is 13.2 Å². The standard InChI is InChI=1S/C18H17ClO3/c1-13-3-4-15(11-17(13)21-2)12-22-16-8-5-14(6-9-16)7-10-18(19)20/h3-11H,12H2,1-2H3. The number of halogens is 1. The molecule has 0 heterocycles. The van der Waals surface area contributed by atoms with Gasteiger partial charge in [-0.1, -0.05) is 30.3 Å². The van der Waals surface area contributed by atoms with Gasteiger partial charge in [-0.15, -0.1) is 0 Å². The van der Waals surface area contributed by atoms with Gasteiger partial charge in [0, 0.05) is 0 Å². The first-order valence-corrected chi connectivity index (χ1v) is 7.20. The molecule has 3 nitrogen and oxygen atoms in total. The van der Waals surface area contributed by atoms with Gasteiger partial charge < -0.3 is 9.47 Å². The average molecular weight is 317 g/mol. The first kappa shape index (κ1) is 16.1. The quantitative estimate of drug-likeness (QED) is 0.586. The van der Waals surface area contributed by atoms with Crippen LogP contribution < -0.4 is 9.47 Å². The Morgan fingerprint density at radius 1 is 1.18 bits per heavy atom. The van der Waals surface area contributed by atoms with Crippen molar-refractivity contribution in [3.8, 4) is 11.5 Å². The molecule has 2 rings (SSSR count). The molecule has 2 aromatic carbocycles. The van der Waals surface area contributed by atoms with Gasteiger partial charge >= 0.3 is 0 Å². The van der Waals surface area contributed by atoms with Crippen molar-refractivity contribution < 1.29 is 14.3 Å². The zero-order chi connectivity index (χ0) is 15.9. The fourth-order valence-corrected chi connectivity index (χ4v) is 2.02. The molecule has 0 unspecified atom stereocenters. The zero-order valence-electron chi connectivity index (χ0n) is 12.5. The number of ether oxygens (including phenoxy) is 2. The Morgan fingerprint density at radius 2 is 1.91 bits per heavy atom. The number of benzene rings is 2. The van der Waals surface area contributed by atoms with Crippen LogP contribution in [0.15, 0.2) is 48.5 Å². The van der Waals surface area contributed by atoms with Crippen molar-refractivity contribution in [3.05, 3.63) is 65.2 Å². The fourth-order valence-electron chi connectivity index (χ4n) is 1.96. The van der Waals surface area contributed by atoms with Gasteiger partial charge in [-0.3, -0.25) is 4.79 Å². The van der Waals surface area contributed by atoms with Crippen molar-refractivity contribution in [2.75, 3.05) is 7.11 Å². The third-order valence-corrected chi connectivity index (χ3v) is 3.29. The molecule has 0 aromatic heterocycles. The summed E-state index contributed by atoms with van der Waals surface area (Å²) in [6.45, 7) is 2.47. The topological polar surface area (TPSA) is 35.5 Å². The molecule has 0 aliphatic carbocycles. The molecular formula is C18H17ClO3. The zero-order valence-corrected chi connectivity index (χ0v) is 13.3. The van der Waals surface area contributed by atoms with Gasteiger partial charge in [-0.05, 0) is 59.5 Å². The number of carbonyl (C=O) groups excluding carboxylic acids is 1. The molecule has 22 heavy (non-hydrogen) atoms. The van der Waals surface area contributed by atoms with E-state index >= 15 is 0 Å². The molecule has 0 bridgehead atoms. The summed E-state index contributed by atoms with van der Waals surface area (Å²) in [5.74, 6) is 1.61. The summed E-state index contributed by atoms with van der Waals surface area (Å²) in [5.41, 5.74) is 3.02. The van der Waals surface area contributed by atoms with E-state index in [0.717, 1.165) is 28.2 Å². The summed E-state index contributed by atoms with van der Waals surface area (Å²) >= 11 is 5.25. The maximum Gasteiger partial charge on any atom is 0.245 e. The average Bonchev–Trinajstić information content (AvgIpc) is 2.53. The number of carbonyl (C=O) groups is 1. The Hall–Kier alpha value is -2.26.